The normalized spacial score (nSPS) is 16.0. The van der Waals surface area contributed by atoms with E-state index in [1.807, 2.05) is 18.5 Å². The molecule has 1 aliphatic rings. The molecule has 1 fully saturated rings. The van der Waals surface area contributed by atoms with Crippen LogP contribution < -0.4 is 10.6 Å². The molecule has 0 aliphatic carbocycles. The first-order chi connectivity index (χ1) is 14.1. The van der Waals surface area contributed by atoms with Gasteiger partial charge < -0.3 is 15.2 Å². The van der Waals surface area contributed by atoms with Crippen molar-refractivity contribution in [3.63, 3.8) is 0 Å². The average molecular weight is 397 g/mol. The molecule has 0 radical (unpaired) electrons. The number of benzene rings is 1. The summed E-state index contributed by atoms with van der Waals surface area (Å²) in [5, 5.41) is 6.92. The van der Waals surface area contributed by atoms with Crippen LogP contribution in [0.4, 0.5) is 0 Å². The van der Waals surface area contributed by atoms with Gasteiger partial charge in [-0.05, 0) is 52.3 Å². The van der Waals surface area contributed by atoms with Gasteiger partial charge in [-0.2, -0.15) is 0 Å². The molecule has 0 bridgehead atoms. The summed E-state index contributed by atoms with van der Waals surface area (Å²) in [6.07, 6.45) is 7.86. The number of likely N-dealkylation sites (tertiary alicyclic amines) is 1. The van der Waals surface area contributed by atoms with E-state index < -0.39 is 0 Å². The monoisotopic (exact) mass is 396 g/mol. The first-order valence-corrected chi connectivity index (χ1v) is 10.9. The molecule has 6 nitrogen and oxygen atoms in total. The molecule has 3 rings (SSSR count). The van der Waals surface area contributed by atoms with E-state index in [4.69, 9.17) is 4.99 Å². The van der Waals surface area contributed by atoms with Crippen LogP contribution in [-0.2, 0) is 13.1 Å². The van der Waals surface area contributed by atoms with E-state index in [1.54, 1.807) is 0 Å². The Morgan fingerprint density at radius 3 is 2.59 bits per heavy atom. The van der Waals surface area contributed by atoms with Gasteiger partial charge in [0.2, 0.25) is 0 Å². The van der Waals surface area contributed by atoms with Crippen molar-refractivity contribution in [2.24, 2.45) is 4.99 Å². The highest BCUT2D eigenvalue weighted by Gasteiger charge is 2.27. The van der Waals surface area contributed by atoms with Gasteiger partial charge in [0.25, 0.3) is 0 Å². The molecule has 0 spiro atoms. The molecular weight excluding hydrogens is 360 g/mol. The van der Waals surface area contributed by atoms with Gasteiger partial charge >= 0.3 is 0 Å². The maximum Gasteiger partial charge on any atom is 0.191 e. The number of guanidine groups is 1. The molecule has 2 heterocycles. The molecule has 158 valence electrons. The second-order valence-corrected chi connectivity index (χ2v) is 8.37. The molecule has 29 heavy (non-hydrogen) atoms. The maximum absolute atomic E-state index is 4.80. The summed E-state index contributed by atoms with van der Waals surface area (Å²) in [5.41, 5.74) is 1.38. The number of hydrogen-bond donors (Lipinski definition) is 2. The van der Waals surface area contributed by atoms with E-state index in [-0.39, 0.29) is 5.54 Å². The first kappa shape index (κ1) is 21.4. The SMILES string of the molecule is CCNC(=NCc1nccn1Cc1ccccc1)NCC(C)(C)N1CCCCC1. The first-order valence-electron chi connectivity index (χ1n) is 10.9. The minimum absolute atomic E-state index is 0.113. The zero-order valence-electron chi connectivity index (χ0n) is 18.2. The van der Waals surface area contributed by atoms with E-state index in [0.29, 0.717) is 6.54 Å². The van der Waals surface area contributed by atoms with Crippen molar-refractivity contribution in [2.75, 3.05) is 26.2 Å². The number of imidazole rings is 1. The highest BCUT2D eigenvalue weighted by Crippen LogP contribution is 2.19. The largest absolute Gasteiger partial charge is 0.357 e. The van der Waals surface area contributed by atoms with E-state index >= 15 is 0 Å². The van der Waals surface area contributed by atoms with Crippen LogP contribution in [0.25, 0.3) is 0 Å². The third-order valence-corrected chi connectivity index (χ3v) is 5.62. The molecule has 0 atom stereocenters. The molecule has 0 saturated carbocycles. The topological polar surface area (TPSA) is 57.5 Å². The minimum Gasteiger partial charge on any atom is -0.357 e. The lowest BCUT2D eigenvalue weighted by Crippen LogP contribution is -2.54. The zero-order valence-corrected chi connectivity index (χ0v) is 18.2. The summed E-state index contributed by atoms with van der Waals surface area (Å²) in [6.45, 7) is 12.2. The zero-order chi connectivity index (χ0) is 20.5. The third kappa shape index (κ3) is 6.32. The Morgan fingerprint density at radius 2 is 1.86 bits per heavy atom. The van der Waals surface area contributed by atoms with Crippen LogP contribution in [-0.4, -0.2) is 52.1 Å². The molecule has 0 unspecified atom stereocenters. The highest BCUT2D eigenvalue weighted by molar-refractivity contribution is 5.79. The van der Waals surface area contributed by atoms with Crippen LogP contribution in [0.2, 0.25) is 0 Å². The van der Waals surface area contributed by atoms with Crippen LogP contribution >= 0.6 is 0 Å². The molecule has 0 amide bonds. The van der Waals surface area contributed by atoms with Gasteiger partial charge in [-0.3, -0.25) is 4.90 Å². The minimum atomic E-state index is 0.113. The van der Waals surface area contributed by atoms with Crippen molar-refractivity contribution < 1.29 is 0 Å². The summed E-state index contributed by atoms with van der Waals surface area (Å²) >= 11 is 0. The number of rotatable bonds is 8. The summed E-state index contributed by atoms with van der Waals surface area (Å²) in [7, 11) is 0. The maximum atomic E-state index is 4.80. The Kier molecular flexibility index (Phi) is 7.69. The van der Waals surface area contributed by atoms with Crippen molar-refractivity contribution in [2.45, 2.75) is 58.7 Å². The van der Waals surface area contributed by atoms with Gasteiger partial charge in [-0.1, -0.05) is 36.8 Å². The standard InChI is InChI=1S/C23H36N6/c1-4-24-22(27-19-23(2,3)29-14-9-6-10-15-29)26-17-21-25-13-16-28(21)18-20-11-7-5-8-12-20/h5,7-8,11-13,16H,4,6,9-10,14-15,17-19H2,1-3H3,(H2,24,26,27). The number of piperidine rings is 1. The summed E-state index contributed by atoms with van der Waals surface area (Å²) < 4.78 is 2.17. The fourth-order valence-corrected chi connectivity index (χ4v) is 3.82. The molecule has 2 N–H and O–H groups in total. The van der Waals surface area contributed by atoms with Crippen LogP contribution in [0.5, 0.6) is 0 Å². The van der Waals surface area contributed by atoms with Gasteiger partial charge in [0, 0.05) is 37.6 Å². The predicted molar refractivity (Wildman–Crippen MR) is 120 cm³/mol. The fourth-order valence-electron chi connectivity index (χ4n) is 3.82. The van der Waals surface area contributed by atoms with Crippen molar-refractivity contribution in [3.05, 3.63) is 54.1 Å². The van der Waals surface area contributed by atoms with Crippen molar-refractivity contribution in [1.82, 2.24) is 25.1 Å². The van der Waals surface area contributed by atoms with Gasteiger partial charge in [-0.25, -0.2) is 9.98 Å². The quantitative estimate of drug-likeness (QED) is 0.531. The number of nitrogens with one attached hydrogen (secondary N) is 2. The van der Waals surface area contributed by atoms with Crippen LogP contribution in [0, 0.1) is 0 Å². The fraction of sp³-hybridized carbons (Fsp3) is 0.565. The number of hydrogen-bond acceptors (Lipinski definition) is 3. The van der Waals surface area contributed by atoms with Gasteiger partial charge in [0.1, 0.15) is 12.4 Å². The lowest BCUT2D eigenvalue weighted by molar-refractivity contribution is 0.0982. The van der Waals surface area contributed by atoms with E-state index in [9.17, 15) is 0 Å². The number of aromatic nitrogens is 2. The summed E-state index contributed by atoms with van der Waals surface area (Å²) in [5.74, 6) is 1.83. The summed E-state index contributed by atoms with van der Waals surface area (Å²) in [6, 6.07) is 10.5. The lowest BCUT2D eigenvalue weighted by Gasteiger charge is -2.41. The molecule has 1 aliphatic heterocycles. The van der Waals surface area contributed by atoms with Gasteiger partial charge in [-0.15, -0.1) is 0 Å². The number of nitrogens with zero attached hydrogens (tertiary/aromatic N) is 4. The Morgan fingerprint density at radius 1 is 1.10 bits per heavy atom. The van der Waals surface area contributed by atoms with Gasteiger partial charge in [0.15, 0.2) is 5.96 Å². The van der Waals surface area contributed by atoms with E-state index in [0.717, 1.165) is 31.4 Å². The molecule has 2 aromatic rings. The van der Waals surface area contributed by atoms with E-state index in [1.165, 1.54) is 37.9 Å². The predicted octanol–water partition coefficient (Wildman–Crippen LogP) is 3.25. The Bertz CT molecular complexity index is 759. The second kappa shape index (κ2) is 10.4. The Balaban J connectivity index is 1.60. The molecule has 6 heteroatoms. The summed E-state index contributed by atoms with van der Waals surface area (Å²) in [4.78, 5) is 11.9. The third-order valence-electron chi connectivity index (χ3n) is 5.62. The van der Waals surface area contributed by atoms with Crippen molar-refractivity contribution in [3.8, 4) is 0 Å². The van der Waals surface area contributed by atoms with Crippen LogP contribution in [0.1, 0.15) is 51.4 Å². The lowest BCUT2D eigenvalue weighted by atomic mass is 9.98. The molecular formula is C23H36N6. The van der Waals surface area contributed by atoms with Crippen molar-refractivity contribution in [1.29, 1.82) is 0 Å². The Labute approximate surface area is 175 Å². The molecule has 1 aromatic carbocycles. The average Bonchev–Trinajstić information content (AvgIpc) is 3.18. The second-order valence-electron chi connectivity index (χ2n) is 8.37. The highest BCUT2D eigenvalue weighted by atomic mass is 15.2. The molecule has 1 aromatic heterocycles. The van der Waals surface area contributed by atoms with Crippen LogP contribution in [0.3, 0.4) is 0 Å². The molecule has 1 saturated heterocycles. The smallest absolute Gasteiger partial charge is 0.191 e. The Hall–Kier alpha value is -2.34. The van der Waals surface area contributed by atoms with E-state index in [2.05, 4.69) is 70.1 Å². The number of aliphatic imine (C=N–C) groups is 1. The van der Waals surface area contributed by atoms with Crippen LogP contribution in [0.15, 0.2) is 47.7 Å². The van der Waals surface area contributed by atoms with Crippen molar-refractivity contribution >= 4 is 5.96 Å². The van der Waals surface area contributed by atoms with Gasteiger partial charge in [0.05, 0.1) is 0 Å².